The molecule has 46 heavy (non-hydrogen) atoms. The average molecular weight is 617 g/mol. The molecule has 238 valence electrons. The molecule has 0 saturated carbocycles. The second kappa shape index (κ2) is 12.0. The number of hydrogen-bond donors (Lipinski definition) is 3. The monoisotopic (exact) mass is 616 g/mol. The normalized spacial score (nSPS) is 32.7. The van der Waals surface area contributed by atoms with Gasteiger partial charge in [0.2, 0.25) is 0 Å². The molecule has 9 rings (SSSR count). The second-order valence-corrected chi connectivity index (χ2v) is 13.7. The Bertz CT molecular complexity index is 1570. The van der Waals surface area contributed by atoms with Crippen LogP contribution in [0.15, 0.2) is 119 Å². The first kappa shape index (κ1) is 28.3. The quantitative estimate of drug-likeness (QED) is 0.306. The van der Waals surface area contributed by atoms with Gasteiger partial charge in [0.25, 0.3) is 0 Å². The topological polar surface area (TPSA) is 67.0 Å². The van der Waals surface area contributed by atoms with Crippen LogP contribution in [0.3, 0.4) is 0 Å². The van der Waals surface area contributed by atoms with Gasteiger partial charge in [-0.2, -0.15) is 0 Å². The standard InChI is InChI=1S/C39H44N4O3/c1-4-10-34-31(7-1)40-37(44-34)25-13-19-28(20-14-25)43(29-21-15-26(16-22-29)38-41-32-8-2-5-11-35(32)45-38)30-23-17-27(18-24-30)39-42-33-9-3-6-12-36(33)46-39/h1,4,7,10,13-15,17,19-23,26,31,34,37-42H,2-3,5-6,8-9,11-12,16,18,24H2. The molecule has 8 aliphatic rings. The van der Waals surface area contributed by atoms with Crippen molar-refractivity contribution in [2.24, 2.45) is 5.92 Å². The van der Waals surface area contributed by atoms with Gasteiger partial charge in [0.15, 0.2) is 12.5 Å². The maximum absolute atomic E-state index is 6.40. The molecule has 6 unspecified atom stereocenters. The van der Waals surface area contributed by atoms with Gasteiger partial charge >= 0.3 is 0 Å². The van der Waals surface area contributed by atoms with Gasteiger partial charge in [-0.05, 0) is 93.2 Å². The Balaban J connectivity index is 0.954. The Morgan fingerprint density at radius 3 is 2.22 bits per heavy atom. The zero-order valence-corrected chi connectivity index (χ0v) is 26.4. The Morgan fingerprint density at radius 2 is 1.50 bits per heavy atom. The molecule has 1 fully saturated rings. The molecule has 0 aromatic heterocycles. The zero-order valence-electron chi connectivity index (χ0n) is 26.4. The van der Waals surface area contributed by atoms with E-state index >= 15 is 0 Å². The highest BCUT2D eigenvalue weighted by atomic mass is 16.5. The third-order valence-corrected chi connectivity index (χ3v) is 10.7. The largest absolute Gasteiger partial charge is 0.473 e. The number of anilines is 1. The van der Waals surface area contributed by atoms with Gasteiger partial charge in [-0.1, -0.05) is 54.7 Å². The minimum Gasteiger partial charge on any atom is -0.473 e. The summed E-state index contributed by atoms with van der Waals surface area (Å²) in [5.41, 5.74) is 8.81. The molecule has 3 heterocycles. The minimum atomic E-state index is -0.115. The van der Waals surface area contributed by atoms with Crippen LogP contribution in [-0.2, 0) is 14.2 Å². The molecule has 0 amide bonds. The summed E-state index contributed by atoms with van der Waals surface area (Å²) in [6.07, 6.45) is 32.3. The van der Waals surface area contributed by atoms with Crippen molar-refractivity contribution in [2.75, 3.05) is 4.90 Å². The van der Waals surface area contributed by atoms with Crippen molar-refractivity contribution in [3.05, 3.63) is 124 Å². The predicted molar refractivity (Wildman–Crippen MR) is 179 cm³/mol. The maximum Gasteiger partial charge on any atom is 0.192 e. The number of ether oxygens (including phenoxy) is 3. The predicted octanol–water partition coefficient (Wildman–Crippen LogP) is 7.50. The fourth-order valence-electron chi connectivity index (χ4n) is 8.12. The Labute approximate surface area is 272 Å². The molecule has 3 N–H and O–H groups in total. The lowest BCUT2D eigenvalue weighted by Gasteiger charge is -2.33. The molecule has 1 saturated heterocycles. The summed E-state index contributed by atoms with van der Waals surface area (Å²) in [6.45, 7) is 0. The minimum absolute atomic E-state index is 0.0196. The van der Waals surface area contributed by atoms with Crippen molar-refractivity contribution in [2.45, 2.75) is 101 Å². The van der Waals surface area contributed by atoms with Gasteiger partial charge in [-0.3, -0.25) is 5.32 Å². The molecule has 6 atom stereocenters. The smallest absolute Gasteiger partial charge is 0.192 e. The Morgan fingerprint density at radius 1 is 0.717 bits per heavy atom. The van der Waals surface area contributed by atoms with Crippen LogP contribution in [-0.4, -0.2) is 24.6 Å². The van der Waals surface area contributed by atoms with E-state index in [4.69, 9.17) is 14.2 Å². The molecule has 0 spiro atoms. The highest BCUT2D eigenvalue weighted by Crippen LogP contribution is 2.39. The number of fused-ring (bicyclic) bond motifs is 1. The van der Waals surface area contributed by atoms with E-state index < -0.39 is 0 Å². The van der Waals surface area contributed by atoms with Gasteiger partial charge in [0, 0.05) is 35.8 Å². The van der Waals surface area contributed by atoms with E-state index in [-0.39, 0.29) is 30.8 Å². The lowest BCUT2D eigenvalue weighted by Crippen LogP contribution is -2.33. The van der Waals surface area contributed by atoms with Crippen LogP contribution in [0, 0.1) is 5.92 Å². The highest BCUT2D eigenvalue weighted by molar-refractivity contribution is 5.62. The van der Waals surface area contributed by atoms with Gasteiger partial charge in [0.1, 0.15) is 17.7 Å². The fraction of sp³-hybridized carbons (Fsp3) is 0.436. The number of rotatable bonds is 6. The summed E-state index contributed by atoms with van der Waals surface area (Å²) in [5, 5.41) is 11.0. The number of hydrogen-bond acceptors (Lipinski definition) is 7. The summed E-state index contributed by atoms with van der Waals surface area (Å²) in [6, 6.07) is 9.14. The molecule has 0 bridgehead atoms. The molecule has 7 nitrogen and oxygen atoms in total. The van der Waals surface area contributed by atoms with E-state index in [1.54, 1.807) is 0 Å². The van der Waals surface area contributed by atoms with Crippen LogP contribution in [0.25, 0.3) is 0 Å². The third kappa shape index (κ3) is 5.33. The van der Waals surface area contributed by atoms with E-state index in [0.29, 0.717) is 5.92 Å². The zero-order chi connectivity index (χ0) is 30.5. The van der Waals surface area contributed by atoms with Crippen molar-refractivity contribution < 1.29 is 14.2 Å². The van der Waals surface area contributed by atoms with E-state index in [1.807, 2.05) is 0 Å². The van der Waals surface area contributed by atoms with Crippen LogP contribution in [0.1, 0.15) is 82.4 Å². The van der Waals surface area contributed by atoms with Crippen LogP contribution in [0.5, 0.6) is 0 Å². The molecule has 1 aromatic carbocycles. The molecule has 3 aliphatic heterocycles. The third-order valence-electron chi connectivity index (χ3n) is 10.7. The van der Waals surface area contributed by atoms with Gasteiger partial charge in [0.05, 0.1) is 23.5 Å². The SMILES string of the molecule is C1=CC2NC(c3ccc(N(C4=CCC(C5NC6=C(CCCC6)O5)C=C4)C4=CC=C(C5NC6=C(CCCC6)O5)CC4)cc3)OC2C=C1. The van der Waals surface area contributed by atoms with Crippen molar-refractivity contribution in [1.29, 1.82) is 0 Å². The first-order valence-corrected chi connectivity index (χ1v) is 17.5. The van der Waals surface area contributed by atoms with E-state index in [2.05, 4.69) is 99.8 Å². The molecule has 7 heteroatoms. The lowest BCUT2D eigenvalue weighted by atomic mass is 9.95. The van der Waals surface area contributed by atoms with Crippen molar-refractivity contribution >= 4 is 5.69 Å². The van der Waals surface area contributed by atoms with E-state index in [9.17, 15) is 0 Å². The molecular formula is C39H44N4O3. The summed E-state index contributed by atoms with van der Waals surface area (Å²) in [7, 11) is 0. The first-order chi connectivity index (χ1) is 22.7. The Hall–Kier alpha value is -3.94. The van der Waals surface area contributed by atoms with Crippen LogP contribution >= 0.6 is 0 Å². The maximum atomic E-state index is 6.40. The fourth-order valence-corrected chi connectivity index (χ4v) is 8.12. The lowest BCUT2D eigenvalue weighted by molar-refractivity contribution is 0.0630. The first-order valence-electron chi connectivity index (χ1n) is 17.5. The van der Waals surface area contributed by atoms with E-state index in [0.717, 1.165) is 56.2 Å². The van der Waals surface area contributed by atoms with Crippen LogP contribution < -0.4 is 20.9 Å². The Kier molecular flexibility index (Phi) is 7.39. The summed E-state index contributed by atoms with van der Waals surface area (Å²) >= 11 is 0. The van der Waals surface area contributed by atoms with E-state index in [1.165, 1.54) is 65.6 Å². The highest BCUT2D eigenvalue weighted by Gasteiger charge is 2.35. The number of allylic oxidation sites excluding steroid dienone is 11. The summed E-state index contributed by atoms with van der Waals surface area (Å²) in [5.74, 6) is 2.69. The summed E-state index contributed by atoms with van der Waals surface area (Å²) in [4.78, 5) is 2.44. The molecule has 0 radical (unpaired) electrons. The average Bonchev–Trinajstić information content (AvgIpc) is 3.86. The second-order valence-electron chi connectivity index (χ2n) is 13.7. The van der Waals surface area contributed by atoms with Gasteiger partial charge in [-0.25, -0.2) is 0 Å². The van der Waals surface area contributed by atoms with Gasteiger partial charge < -0.3 is 29.7 Å². The van der Waals surface area contributed by atoms with Crippen molar-refractivity contribution in [3.63, 3.8) is 0 Å². The van der Waals surface area contributed by atoms with Gasteiger partial charge in [-0.15, -0.1) is 0 Å². The summed E-state index contributed by atoms with van der Waals surface area (Å²) < 4.78 is 19.1. The van der Waals surface area contributed by atoms with Crippen molar-refractivity contribution in [3.8, 4) is 0 Å². The van der Waals surface area contributed by atoms with Crippen LogP contribution in [0.2, 0.25) is 0 Å². The number of nitrogens with one attached hydrogen (secondary N) is 3. The number of nitrogens with zero attached hydrogens (tertiary/aromatic N) is 1. The number of benzene rings is 1. The molecule has 5 aliphatic carbocycles. The van der Waals surface area contributed by atoms with Crippen molar-refractivity contribution in [1.82, 2.24) is 16.0 Å². The molecule has 1 aromatic rings. The van der Waals surface area contributed by atoms with Crippen LogP contribution in [0.4, 0.5) is 5.69 Å². The molecular weight excluding hydrogens is 572 g/mol.